The Balaban J connectivity index is 0.00000441. The molecule has 0 bridgehead atoms. The molecule has 1 aliphatic heterocycles. The molecule has 2 heterocycles. The summed E-state index contributed by atoms with van der Waals surface area (Å²) in [5.74, 6) is 0.456. The summed E-state index contributed by atoms with van der Waals surface area (Å²) in [5, 5.41) is 0.949. The first kappa shape index (κ1) is 32.9. The molecule has 1 aromatic heterocycles. The third-order valence-electron chi connectivity index (χ3n) is 5.97. The largest absolute Gasteiger partial charge is 1.00 e. The number of nitrogens with zero attached hydrogens (tertiary/aromatic N) is 2. The number of allylic oxidation sites excluding steroid dienone is 2. The van der Waals surface area contributed by atoms with E-state index in [2.05, 4.69) is 0 Å². The van der Waals surface area contributed by atoms with Crippen molar-refractivity contribution in [3.63, 3.8) is 0 Å². The van der Waals surface area contributed by atoms with Gasteiger partial charge in [-0.05, 0) is 48.7 Å². The maximum absolute atomic E-state index is 11.3. The number of aryl methyl sites for hydroxylation is 1. The van der Waals surface area contributed by atoms with E-state index in [4.69, 9.17) is 36.9 Å². The van der Waals surface area contributed by atoms with Crippen LogP contribution in [0, 0.1) is 0 Å². The predicted molar refractivity (Wildman–Crippen MR) is 147 cm³/mol. The van der Waals surface area contributed by atoms with Crippen molar-refractivity contribution in [2.24, 2.45) is 0 Å². The Labute approximate surface area is 265 Å². The number of fused-ring (bicyclic) bond motifs is 2. The number of rotatable bonds is 11. The van der Waals surface area contributed by atoms with E-state index < -0.39 is 31.7 Å². The number of halogens is 2. The Kier molecular flexibility index (Phi) is 11.2. The van der Waals surface area contributed by atoms with Crippen LogP contribution in [0.15, 0.2) is 58.3 Å². The van der Waals surface area contributed by atoms with E-state index in [9.17, 15) is 21.4 Å². The normalized spacial score (nSPS) is 14.9. The fourth-order valence-corrected chi connectivity index (χ4v) is 5.50. The summed E-state index contributed by atoms with van der Waals surface area (Å²) < 4.78 is 79.0. The molecule has 0 spiro atoms. The van der Waals surface area contributed by atoms with Crippen LogP contribution in [0.25, 0.3) is 17.2 Å². The van der Waals surface area contributed by atoms with Crippen molar-refractivity contribution < 1.29 is 69.2 Å². The average molecular weight is 641 g/mol. The van der Waals surface area contributed by atoms with Gasteiger partial charge in [-0.25, -0.2) is 8.42 Å². The van der Waals surface area contributed by atoms with Crippen molar-refractivity contribution in [1.29, 1.82) is 0 Å². The van der Waals surface area contributed by atoms with Gasteiger partial charge in [0.2, 0.25) is 11.5 Å². The maximum atomic E-state index is 11.3. The standard InChI is InChI=1S/C25H26Cl2N2O8S2.Na/c1-2-17(13-24-28(9-3-11-38(30,31)32)20-15-18(26)5-7-22(20)36-24)14-25-29(10-4-12-39(33,34)35)21-16-19(27)6-8-23(21)37-25;/h5-8,13-16H,2-4,9-12H2,1H3,(H-,30,31,32,33,34,35);/q;+1. The van der Waals surface area contributed by atoms with Gasteiger partial charge in [0, 0.05) is 40.9 Å². The van der Waals surface area contributed by atoms with Crippen LogP contribution < -0.4 is 43.8 Å². The van der Waals surface area contributed by atoms with E-state index >= 15 is 0 Å². The zero-order chi connectivity index (χ0) is 28.4. The van der Waals surface area contributed by atoms with Gasteiger partial charge in [-0.15, -0.1) is 0 Å². The molecule has 0 unspecified atom stereocenters. The van der Waals surface area contributed by atoms with Crippen LogP contribution in [0.5, 0.6) is 5.75 Å². The van der Waals surface area contributed by atoms with Gasteiger partial charge in [-0.2, -0.15) is 13.0 Å². The van der Waals surface area contributed by atoms with E-state index in [1.165, 1.54) is 0 Å². The summed E-state index contributed by atoms with van der Waals surface area (Å²) in [5.41, 5.74) is 2.61. The Morgan fingerprint density at radius 1 is 1.07 bits per heavy atom. The number of hydrogen-bond donors (Lipinski definition) is 1. The summed E-state index contributed by atoms with van der Waals surface area (Å²) in [4.78, 5) is 1.78. The first-order valence-electron chi connectivity index (χ1n) is 12.0. The molecule has 4 rings (SSSR count). The number of benzene rings is 2. The van der Waals surface area contributed by atoms with E-state index in [-0.39, 0.29) is 55.5 Å². The van der Waals surface area contributed by atoms with Gasteiger partial charge in [0.15, 0.2) is 12.3 Å². The summed E-state index contributed by atoms with van der Waals surface area (Å²) >= 11 is 12.4. The molecule has 1 N–H and O–H groups in total. The van der Waals surface area contributed by atoms with Gasteiger partial charge in [-0.3, -0.25) is 4.55 Å². The first-order chi connectivity index (χ1) is 18.3. The van der Waals surface area contributed by atoms with Gasteiger partial charge in [-0.1, -0.05) is 30.1 Å². The molecular formula is C25H26Cl2N2NaO8S2+. The van der Waals surface area contributed by atoms with Crippen molar-refractivity contribution in [3.05, 3.63) is 69.9 Å². The summed E-state index contributed by atoms with van der Waals surface area (Å²) in [6.07, 6.45) is 4.34. The molecule has 15 heteroatoms. The van der Waals surface area contributed by atoms with Gasteiger partial charge >= 0.3 is 35.4 Å². The second-order valence-electron chi connectivity index (χ2n) is 8.88. The third kappa shape index (κ3) is 8.70. The maximum Gasteiger partial charge on any atom is 1.00 e. The molecule has 2 aromatic carbocycles. The van der Waals surface area contributed by atoms with E-state index in [0.29, 0.717) is 50.8 Å². The number of aromatic nitrogens is 1. The monoisotopic (exact) mass is 639 g/mol. The van der Waals surface area contributed by atoms with Crippen LogP contribution in [0.3, 0.4) is 0 Å². The van der Waals surface area contributed by atoms with E-state index in [1.54, 1.807) is 58.0 Å². The van der Waals surface area contributed by atoms with Crippen LogP contribution in [0.2, 0.25) is 10.0 Å². The Morgan fingerprint density at radius 3 is 2.45 bits per heavy atom. The minimum Gasteiger partial charge on any atom is -0.748 e. The Bertz CT molecular complexity index is 1670. The molecule has 1 aliphatic rings. The molecule has 0 saturated carbocycles. The van der Waals surface area contributed by atoms with E-state index in [1.807, 2.05) is 6.92 Å². The van der Waals surface area contributed by atoms with Crippen LogP contribution in [-0.2, 0) is 26.8 Å². The molecule has 0 aliphatic carbocycles. The zero-order valence-corrected chi connectivity index (χ0v) is 27.0. The Hall–Kier alpha value is -1.61. The number of oxazole rings is 1. The molecule has 3 aromatic rings. The fraction of sp³-hybridized carbons (Fsp3) is 0.320. The smallest absolute Gasteiger partial charge is 0.748 e. The molecule has 0 radical (unpaired) electrons. The van der Waals surface area contributed by atoms with Crippen molar-refractivity contribution in [1.82, 2.24) is 0 Å². The summed E-state index contributed by atoms with van der Waals surface area (Å²) in [6.45, 7) is 2.37. The van der Waals surface area contributed by atoms with Gasteiger partial charge < -0.3 is 18.6 Å². The number of hydrogen-bond acceptors (Lipinski definition) is 8. The molecule has 0 saturated heterocycles. The third-order valence-corrected chi connectivity index (χ3v) is 8.03. The molecular weight excluding hydrogens is 614 g/mol. The van der Waals surface area contributed by atoms with Crippen LogP contribution in [0.4, 0.5) is 5.69 Å². The Morgan fingerprint density at radius 2 is 1.77 bits per heavy atom. The minimum absolute atomic E-state index is 0. The molecule has 0 fully saturated rings. The second-order valence-corrected chi connectivity index (χ2v) is 12.8. The first-order valence-corrected chi connectivity index (χ1v) is 15.9. The van der Waals surface area contributed by atoms with Crippen molar-refractivity contribution in [3.8, 4) is 5.75 Å². The van der Waals surface area contributed by atoms with E-state index in [0.717, 1.165) is 5.57 Å². The van der Waals surface area contributed by atoms with Gasteiger partial charge in [0.25, 0.3) is 15.6 Å². The predicted octanol–water partition coefficient (Wildman–Crippen LogP) is 1.78. The fourth-order valence-electron chi connectivity index (χ4n) is 4.19. The van der Waals surface area contributed by atoms with Crippen molar-refractivity contribution >= 4 is 66.3 Å². The molecule has 10 nitrogen and oxygen atoms in total. The zero-order valence-electron chi connectivity index (χ0n) is 21.8. The minimum atomic E-state index is -4.38. The quantitative estimate of drug-likeness (QED) is 0.189. The van der Waals surface area contributed by atoms with Crippen LogP contribution in [0.1, 0.15) is 32.1 Å². The average Bonchev–Trinajstić information content (AvgIpc) is 3.34. The van der Waals surface area contributed by atoms with Crippen LogP contribution in [-0.4, -0.2) is 44.0 Å². The number of anilines is 1. The molecule has 0 amide bonds. The van der Waals surface area contributed by atoms with Crippen LogP contribution >= 0.6 is 23.2 Å². The van der Waals surface area contributed by atoms with Gasteiger partial charge in [0.05, 0.1) is 27.6 Å². The molecule has 210 valence electrons. The second kappa shape index (κ2) is 13.6. The number of ether oxygens (including phenoxy) is 1. The topological polar surface area (TPSA) is 141 Å². The SMILES string of the molecule is CCC(=Cc1oc2ccc(Cl)cc2[n+]1CCCS(=O)(=O)[O-])C=C1Oc2ccc(Cl)cc2N1CCCS(=O)(=O)O.[Na+]. The molecule has 40 heavy (non-hydrogen) atoms. The van der Waals surface area contributed by atoms with Gasteiger partial charge in [0.1, 0.15) is 0 Å². The van der Waals surface area contributed by atoms with Crippen molar-refractivity contribution in [2.75, 3.05) is 23.0 Å². The summed E-state index contributed by atoms with van der Waals surface area (Å²) in [7, 11) is -8.51. The molecule has 0 atom stereocenters. The van der Waals surface area contributed by atoms with Crippen molar-refractivity contribution in [2.45, 2.75) is 32.7 Å². The summed E-state index contributed by atoms with van der Waals surface area (Å²) in [6, 6.07) is 10.2.